The first kappa shape index (κ1) is 11.4. The molecule has 3 nitrogen and oxygen atoms in total. The van der Waals surface area contributed by atoms with Crippen molar-refractivity contribution in [2.75, 3.05) is 18.0 Å². The average molecular weight is 242 g/mol. The molecule has 94 valence electrons. The molecule has 2 aromatic rings. The van der Waals surface area contributed by atoms with Crippen molar-refractivity contribution in [1.82, 2.24) is 5.32 Å². The summed E-state index contributed by atoms with van der Waals surface area (Å²) in [6.07, 6.45) is 1.74. The van der Waals surface area contributed by atoms with Crippen LogP contribution in [0.25, 0.3) is 0 Å². The molecule has 1 aliphatic heterocycles. The van der Waals surface area contributed by atoms with Gasteiger partial charge in [0.15, 0.2) is 0 Å². The SMILES string of the molecule is CC(c1ccco1)N1CCNCc2ccccc21. The van der Waals surface area contributed by atoms with E-state index < -0.39 is 0 Å². The molecular formula is C15H18N2O. The van der Waals surface area contributed by atoms with E-state index >= 15 is 0 Å². The van der Waals surface area contributed by atoms with Gasteiger partial charge in [0.25, 0.3) is 0 Å². The lowest BCUT2D eigenvalue weighted by atomic mass is 10.1. The minimum Gasteiger partial charge on any atom is -0.467 e. The minimum absolute atomic E-state index is 0.265. The third-order valence-corrected chi connectivity index (χ3v) is 3.57. The molecule has 0 spiro atoms. The maximum Gasteiger partial charge on any atom is 0.125 e. The number of furan rings is 1. The first-order valence-corrected chi connectivity index (χ1v) is 6.45. The highest BCUT2D eigenvalue weighted by Gasteiger charge is 2.22. The van der Waals surface area contributed by atoms with E-state index in [1.54, 1.807) is 6.26 Å². The maximum atomic E-state index is 5.54. The van der Waals surface area contributed by atoms with Crippen molar-refractivity contribution < 1.29 is 4.42 Å². The third-order valence-electron chi connectivity index (χ3n) is 3.57. The van der Waals surface area contributed by atoms with Crippen LogP contribution in [0.1, 0.15) is 24.3 Å². The van der Waals surface area contributed by atoms with Crippen LogP contribution in [0.5, 0.6) is 0 Å². The van der Waals surface area contributed by atoms with Gasteiger partial charge in [0.1, 0.15) is 5.76 Å². The Bertz CT molecular complexity index is 507. The van der Waals surface area contributed by atoms with E-state index in [2.05, 4.69) is 41.4 Å². The third kappa shape index (κ3) is 2.02. The van der Waals surface area contributed by atoms with Crippen LogP contribution in [0.15, 0.2) is 47.1 Å². The topological polar surface area (TPSA) is 28.4 Å². The maximum absolute atomic E-state index is 5.54. The van der Waals surface area contributed by atoms with Crippen molar-refractivity contribution in [3.63, 3.8) is 0 Å². The summed E-state index contributed by atoms with van der Waals surface area (Å²) in [5.41, 5.74) is 2.67. The minimum atomic E-state index is 0.265. The summed E-state index contributed by atoms with van der Waals surface area (Å²) in [6, 6.07) is 12.9. The second kappa shape index (κ2) is 4.86. The van der Waals surface area contributed by atoms with E-state index in [1.807, 2.05) is 12.1 Å². The molecule has 18 heavy (non-hydrogen) atoms. The lowest BCUT2D eigenvalue weighted by molar-refractivity contribution is 0.462. The Morgan fingerprint density at radius 1 is 1.22 bits per heavy atom. The normalized spacial score (nSPS) is 17.1. The molecule has 2 heterocycles. The van der Waals surface area contributed by atoms with Gasteiger partial charge in [0.05, 0.1) is 12.3 Å². The van der Waals surface area contributed by atoms with Gasteiger partial charge >= 0.3 is 0 Å². The van der Waals surface area contributed by atoms with E-state index in [0.29, 0.717) is 0 Å². The molecule has 1 aromatic heterocycles. The van der Waals surface area contributed by atoms with E-state index in [4.69, 9.17) is 4.42 Å². The molecule has 3 heteroatoms. The van der Waals surface area contributed by atoms with E-state index in [1.165, 1.54) is 11.3 Å². The number of benzene rings is 1. The van der Waals surface area contributed by atoms with Crippen molar-refractivity contribution in [1.29, 1.82) is 0 Å². The second-order valence-corrected chi connectivity index (χ2v) is 4.69. The molecule has 0 fully saturated rings. The number of rotatable bonds is 2. The highest BCUT2D eigenvalue weighted by molar-refractivity contribution is 5.55. The largest absolute Gasteiger partial charge is 0.467 e. The number of anilines is 1. The summed E-state index contributed by atoms with van der Waals surface area (Å²) in [5, 5.41) is 3.46. The van der Waals surface area contributed by atoms with Crippen molar-refractivity contribution in [2.24, 2.45) is 0 Å². The van der Waals surface area contributed by atoms with E-state index in [9.17, 15) is 0 Å². The molecule has 0 aliphatic carbocycles. The zero-order chi connectivity index (χ0) is 12.4. The first-order chi connectivity index (χ1) is 8.86. The standard InChI is InChI=1S/C15H18N2O/c1-12(15-7-4-10-18-15)17-9-8-16-11-13-5-2-3-6-14(13)17/h2-7,10,12,16H,8-9,11H2,1H3. The first-order valence-electron chi connectivity index (χ1n) is 6.45. The Morgan fingerprint density at radius 2 is 2.11 bits per heavy atom. The number of fused-ring (bicyclic) bond motifs is 1. The molecule has 0 radical (unpaired) electrons. The van der Waals surface area contributed by atoms with Crippen LogP contribution in [0.4, 0.5) is 5.69 Å². The van der Waals surface area contributed by atoms with Gasteiger partial charge in [-0.2, -0.15) is 0 Å². The van der Waals surface area contributed by atoms with Crippen LogP contribution in [0, 0.1) is 0 Å². The Morgan fingerprint density at radius 3 is 2.94 bits per heavy atom. The molecule has 3 rings (SSSR count). The fourth-order valence-corrected chi connectivity index (χ4v) is 2.57. The van der Waals surface area contributed by atoms with Gasteiger partial charge in [-0.25, -0.2) is 0 Å². The quantitative estimate of drug-likeness (QED) is 0.877. The zero-order valence-electron chi connectivity index (χ0n) is 10.6. The summed E-state index contributed by atoms with van der Waals surface area (Å²) in [7, 11) is 0. The van der Waals surface area contributed by atoms with Crippen molar-refractivity contribution >= 4 is 5.69 Å². The number of nitrogens with one attached hydrogen (secondary N) is 1. The summed E-state index contributed by atoms with van der Waals surface area (Å²) >= 11 is 0. The van der Waals surface area contributed by atoms with Gasteiger partial charge in [-0.05, 0) is 30.7 Å². The van der Waals surface area contributed by atoms with Crippen LogP contribution >= 0.6 is 0 Å². The van der Waals surface area contributed by atoms with Crippen LogP contribution in [-0.2, 0) is 6.54 Å². The highest BCUT2D eigenvalue weighted by Crippen LogP contribution is 2.30. The smallest absolute Gasteiger partial charge is 0.125 e. The lowest BCUT2D eigenvalue weighted by Gasteiger charge is -2.29. The molecule has 1 atom stereocenters. The van der Waals surface area contributed by atoms with Crippen LogP contribution < -0.4 is 10.2 Å². The number of para-hydroxylation sites is 1. The summed E-state index contributed by atoms with van der Waals surface area (Å²) in [6.45, 7) is 5.14. The predicted molar refractivity (Wildman–Crippen MR) is 72.6 cm³/mol. The lowest BCUT2D eigenvalue weighted by Crippen LogP contribution is -2.31. The Balaban J connectivity index is 1.96. The second-order valence-electron chi connectivity index (χ2n) is 4.69. The summed E-state index contributed by atoms with van der Waals surface area (Å²) in [5.74, 6) is 1.02. The average Bonchev–Trinajstić information content (AvgIpc) is 2.85. The summed E-state index contributed by atoms with van der Waals surface area (Å²) in [4.78, 5) is 2.41. The molecule has 1 aliphatic rings. The molecule has 1 aromatic carbocycles. The van der Waals surface area contributed by atoms with Crippen LogP contribution in [-0.4, -0.2) is 13.1 Å². The highest BCUT2D eigenvalue weighted by atomic mass is 16.3. The molecule has 0 bridgehead atoms. The van der Waals surface area contributed by atoms with Crippen molar-refractivity contribution in [3.8, 4) is 0 Å². The fraction of sp³-hybridized carbons (Fsp3) is 0.333. The fourth-order valence-electron chi connectivity index (χ4n) is 2.57. The predicted octanol–water partition coefficient (Wildman–Crippen LogP) is 2.95. The van der Waals surface area contributed by atoms with Crippen LogP contribution in [0.3, 0.4) is 0 Å². The summed E-state index contributed by atoms with van der Waals surface area (Å²) < 4.78 is 5.54. The van der Waals surface area contributed by atoms with Crippen molar-refractivity contribution in [2.45, 2.75) is 19.5 Å². The van der Waals surface area contributed by atoms with Gasteiger partial charge in [0.2, 0.25) is 0 Å². The van der Waals surface area contributed by atoms with Crippen LogP contribution in [0.2, 0.25) is 0 Å². The monoisotopic (exact) mass is 242 g/mol. The van der Waals surface area contributed by atoms with Crippen molar-refractivity contribution in [3.05, 3.63) is 54.0 Å². The van der Waals surface area contributed by atoms with Gasteiger partial charge in [0, 0.05) is 25.3 Å². The van der Waals surface area contributed by atoms with Gasteiger partial charge < -0.3 is 14.6 Å². The number of hydrogen-bond donors (Lipinski definition) is 1. The number of hydrogen-bond acceptors (Lipinski definition) is 3. The molecule has 1 N–H and O–H groups in total. The molecule has 0 saturated heterocycles. The Kier molecular flexibility index (Phi) is 3.07. The molecule has 1 unspecified atom stereocenters. The zero-order valence-corrected chi connectivity index (χ0v) is 10.6. The van der Waals surface area contributed by atoms with Gasteiger partial charge in [-0.1, -0.05) is 18.2 Å². The molecule has 0 amide bonds. The van der Waals surface area contributed by atoms with Gasteiger partial charge in [-0.15, -0.1) is 0 Å². The Hall–Kier alpha value is -1.74. The number of nitrogens with zero attached hydrogens (tertiary/aromatic N) is 1. The van der Waals surface area contributed by atoms with Gasteiger partial charge in [-0.3, -0.25) is 0 Å². The molecule has 0 saturated carbocycles. The van der Waals surface area contributed by atoms with E-state index in [0.717, 1.165) is 25.4 Å². The van der Waals surface area contributed by atoms with E-state index in [-0.39, 0.29) is 6.04 Å². The molecular weight excluding hydrogens is 224 g/mol. The Labute approximate surface area is 107 Å².